The van der Waals surface area contributed by atoms with Crippen molar-refractivity contribution < 1.29 is 4.79 Å². The highest BCUT2D eigenvalue weighted by molar-refractivity contribution is 6.16. The van der Waals surface area contributed by atoms with E-state index >= 15 is 0 Å². The molecule has 0 aliphatic heterocycles. The van der Waals surface area contributed by atoms with Crippen molar-refractivity contribution in [2.24, 2.45) is 0 Å². The Balaban J connectivity index is 2.05. The Hall–Kier alpha value is -3.19. The minimum Gasteiger partial charge on any atom is -0.289 e. The molecular weight excluding hydrogens is 292 g/mol. The zero-order chi connectivity index (χ0) is 16.4. The van der Waals surface area contributed by atoms with Gasteiger partial charge in [0.2, 0.25) is 0 Å². The third kappa shape index (κ3) is 2.50. The first-order valence-electron chi connectivity index (χ1n) is 8.01. The summed E-state index contributed by atoms with van der Waals surface area (Å²) in [5.41, 5.74) is 6.28. The number of benzene rings is 3. The lowest BCUT2D eigenvalue weighted by Crippen LogP contribution is -2.06. The molecule has 3 aromatic rings. The van der Waals surface area contributed by atoms with Gasteiger partial charge in [-0.15, -0.1) is 0 Å². The van der Waals surface area contributed by atoms with Gasteiger partial charge in [-0.3, -0.25) is 4.79 Å². The number of allylic oxidation sites excluding steroid dienone is 3. The smallest absolute Gasteiger partial charge is 0.186 e. The number of hydrogen-bond acceptors (Lipinski definition) is 1. The second kappa shape index (κ2) is 6.13. The van der Waals surface area contributed by atoms with Crippen LogP contribution in [0.2, 0.25) is 0 Å². The fourth-order valence-electron chi connectivity index (χ4n) is 3.18. The van der Waals surface area contributed by atoms with E-state index in [-0.39, 0.29) is 5.78 Å². The number of carbonyl (C=O) groups excluding carboxylic acids is 1. The molecular formula is C23H16O. The van der Waals surface area contributed by atoms with Crippen molar-refractivity contribution in [3.63, 3.8) is 0 Å². The quantitative estimate of drug-likeness (QED) is 0.619. The first kappa shape index (κ1) is 14.4. The maximum atomic E-state index is 12.2. The van der Waals surface area contributed by atoms with E-state index in [1.165, 1.54) is 0 Å². The molecule has 0 fully saturated rings. The maximum Gasteiger partial charge on any atom is 0.186 e. The van der Waals surface area contributed by atoms with Gasteiger partial charge >= 0.3 is 0 Å². The highest BCUT2D eigenvalue weighted by atomic mass is 16.1. The van der Waals surface area contributed by atoms with Crippen LogP contribution in [0.3, 0.4) is 0 Å². The Morgan fingerprint density at radius 3 is 1.62 bits per heavy atom. The van der Waals surface area contributed by atoms with Crippen molar-refractivity contribution in [1.82, 2.24) is 0 Å². The van der Waals surface area contributed by atoms with Crippen LogP contribution >= 0.6 is 0 Å². The summed E-state index contributed by atoms with van der Waals surface area (Å²) in [6.07, 6.45) is 3.61. The highest BCUT2D eigenvalue weighted by Gasteiger charge is 2.20. The second-order valence-corrected chi connectivity index (χ2v) is 5.76. The summed E-state index contributed by atoms with van der Waals surface area (Å²) in [7, 11) is 0. The molecule has 0 saturated heterocycles. The Bertz CT molecular complexity index is 906. The molecule has 1 aliphatic carbocycles. The summed E-state index contributed by atoms with van der Waals surface area (Å²) in [6, 6.07) is 28.5. The molecule has 1 nitrogen and oxygen atoms in total. The zero-order valence-corrected chi connectivity index (χ0v) is 13.1. The van der Waals surface area contributed by atoms with Crippen LogP contribution in [0.1, 0.15) is 27.0 Å². The first-order valence-corrected chi connectivity index (χ1v) is 8.01. The van der Waals surface area contributed by atoms with Gasteiger partial charge in [-0.25, -0.2) is 0 Å². The Morgan fingerprint density at radius 1 is 0.542 bits per heavy atom. The number of carbonyl (C=O) groups is 1. The molecule has 0 N–H and O–H groups in total. The van der Waals surface area contributed by atoms with E-state index in [2.05, 4.69) is 24.3 Å². The van der Waals surface area contributed by atoms with Crippen LogP contribution in [0.25, 0.3) is 11.1 Å². The number of fused-ring (bicyclic) bond motifs is 1. The Morgan fingerprint density at radius 2 is 1.04 bits per heavy atom. The average Bonchev–Trinajstić information content (AvgIpc) is 2.66. The van der Waals surface area contributed by atoms with Crippen molar-refractivity contribution in [1.29, 1.82) is 0 Å². The van der Waals surface area contributed by atoms with Crippen LogP contribution in [0.5, 0.6) is 0 Å². The van der Waals surface area contributed by atoms with Gasteiger partial charge in [0, 0.05) is 5.56 Å². The molecule has 0 atom stereocenters. The van der Waals surface area contributed by atoms with E-state index < -0.39 is 0 Å². The van der Waals surface area contributed by atoms with Crippen molar-refractivity contribution in [2.75, 3.05) is 0 Å². The van der Waals surface area contributed by atoms with Crippen LogP contribution in [0.4, 0.5) is 0 Å². The largest absolute Gasteiger partial charge is 0.289 e. The summed E-state index contributed by atoms with van der Waals surface area (Å²) in [6.45, 7) is 0. The monoisotopic (exact) mass is 308 g/mol. The zero-order valence-electron chi connectivity index (χ0n) is 13.1. The van der Waals surface area contributed by atoms with Crippen molar-refractivity contribution in [3.8, 4) is 0 Å². The van der Waals surface area contributed by atoms with E-state index in [4.69, 9.17) is 0 Å². The predicted molar refractivity (Wildman–Crippen MR) is 98.7 cm³/mol. The Kier molecular flexibility index (Phi) is 3.68. The molecule has 0 aromatic heterocycles. The van der Waals surface area contributed by atoms with E-state index in [0.717, 1.165) is 33.4 Å². The summed E-state index contributed by atoms with van der Waals surface area (Å²) >= 11 is 0. The van der Waals surface area contributed by atoms with Gasteiger partial charge in [0.1, 0.15) is 0 Å². The molecule has 0 spiro atoms. The lowest BCUT2D eigenvalue weighted by Gasteiger charge is -2.19. The standard InChI is InChI=1S/C23H16O/c24-22-16-15-21(19-13-7-8-14-20(19)22)23(17-9-3-1-4-10-17)18-11-5-2-6-12-18/h1-16H. The second-order valence-electron chi connectivity index (χ2n) is 5.76. The first-order chi connectivity index (χ1) is 11.8. The number of hydrogen-bond donors (Lipinski definition) is 0. The highest BCUT2D eigenvalue weighted by Crippen LogP contribution is 2.36. The van der Waals surface area contributed by atoms with E-state index in [1.807, 2.05) is 66.7 Å². The minimum atomic E-state index is 0.0647. The van der Waals surface area contributed by atoms with Gasteiger partial charge in [-0.2, -0.15) is 0 Å². The van der Waals surface area contributed by atoms with Crippen LogP contribution < -0.4 is 0 Å². The van der Waals surface area contributed by atoms with E-state index in [1.54, 1.807) is 6.08 Å². The summed E-state index contributed by atoms with van der Waals surface area (Å²) in [5, 5.41) is 0. The summed E-state index contributed by atoms with van der Waals surface area (Å²) < 4.78 is 0. The molecule has 0 heterocycles. The molecule has 4 rings (SSSR count). The molecule has 0 saturated carbocycles. The van der Waals surface area contributed by atoms with Crippen LogP contribution in [-0.2, 0) is 0 Å². The lowest BCUT2D eigenvalue weighted by atomic mass is 9.84. The minimum absolute atomic E-state index is 0.0647. The van der Waals surface area contributed by atoms with Gasteiger partial charge < -0.3 is 0 Å². The summed E-state index contributed by atoms with van der Waals surface area (Å²) in [4.78, 5) is 12.2. The van der Waals surface area contributed by atoms with Crippen molar-refractivity contribution in [3.05, 3.63) is 119 Å². The fraction of sp³-hybridized carbons (Fsp3) is 0. The Labute approximate surface area is 141 Å². The molecule has 0 unspecified atom stereocenters. The number of ketones is 1. The summed E-state index contributed by atoms with van der Waals surface area (Å²) in [5.74, 6) is 0.0647. The molecule has 0 amide bonds. The van der Waals surface area contributed by atoms with Crippen molar-refractivity contribution >= 4 is 16.9 Å². The predicted octanol–water partition coefficient (Wildman–Crippen LogP) is 5.40. The topological polar surface area (TPSA) is 17.1 Å². The van der Waals surface area contributed by atoms with Crippen LogP contribution in [0.15, 0.2) is 97.1 Å². The number of rotatable bonds is 2. The molecule has 1 aliphatic rings. The average molecular weight is 308 g/mol. The molecule has 3 aromatic carbocycles. The molecule has 114 valence electrons. The van der Waals surface area contributed by atoms with Gasteiger partial charge in [-0.05, 0) is 40.0 Å². The SMILES string of the molecule is O=C1C=CC(=C(c2ccccc2)c2ccccc2)c2ccccc21. The van der Waals surface area contributed by atoms with E-state index in [9.17, 15) is 4.79 Å². The third-order valence-corrected chi connectivity index (χ3v) is 4.28. The van der Waals surface area contributed by atoms with Gasteiger partial charge in [-0.1, -0.05) is 84.9 Å². The van der Waals surface area contributed by atoms with Crippen LogP contribution in [-0.4, -0.2) is 5.78 Å². The third-order valence-electron chi connectivity index (χ3n) is 4.28. The lowest BCUT2D eigenvalue weighted by molar-refractivity contribution is 0.104. The molecule has 24 heavy (non-hydrogen) atoms. The van der Waals surface area contributed by atoms with Gasteiger partial charge in [0.05, 0.1) is 0 Å². The normalized spacial score (nSPS) is 12.8. The molecule has 1 heteroatoms. The van der Waals surface area contributed by atoms with Crippen LogP contribution in [0, 0.1) is 0 Å². The fourth-order valence-corrected chi connectivity index (χ4v) is 3.18. The van der Waals surface area contributed by atoms with Crippen molar-refractivity contribution in [2.45, 2.75) is 0 Å². The van der Waals surface area contributed by atoms with E-state index in [0.29, 0.717) is 0 Å². The van der Waals surface area contributed by atoms with Gasteiger partial charge in [0.25, 0.3) is 0 Å². The maximum absolute atomic E-state index is 12.2. The molecule has 0 bridgehead atoms. The van der Waals surface area contributed by atoms with Gasteiger partial charge in [0.15, 0.2) is 5.78 Å². The molecule has 0 radical (unpaired) electrons.